The molecule has 3 saturated carbocycles. The van der Waals surface area contributed by atoms with E-state index in [1.165, 1.54) is 7.11 Å². The van der Waals surface area contributed by atoms with Gasteiger partial charge in [0.1, 0.15) is 6.17 Å². The number of nitrogens with two attached hydrogens (primary N) is 1. The zero-order chi connectivity index (χ0) is 24.4. The van der Waals surface area contributed by atoms with Gasteiger partial charge in [-0.25, -0.2) is 17.9 Å². The second kappa shape index (κ2) is 10.7. The fraction of sp³-hybridized carbons (Fsp3) is 0.952. The zero-order valence-corrected chi connectivity index (χ0v) is 19.5. The number of ether oxygens (including phenoxy) is 2. The molecule has 0 aromatic heterocycles. The van der Waals surface area contributed by atoms with Gasteiger partial charge in [-0.05, 0) is 51.4 Å². The third-order valence-corrected chi connectivity index (χ3v) is 8.72. The van der Waals surface area contributed by atoms with Crippen LogP contribution in [0.2, 0.25) is 0 Å². The molecule has 12 heteroatoms. The van der Waals surface area contributed by atoms with Crippen LogP contribution in [0.4, 0.5) is 17.6 Å². The van der Waals surface area contributed by atoms with E-state index >= 15 is 0 Å². The fourth-order valence-corrected chi connectivity index (χ4v) is 6.45. The predicted octanol–water partition coefficient (Wildman–Crippen LogP) is 2.97. The van der Waals surface area contributed by atoms with Crippen LogP contribution >= 0.6 is 0 Å². The highest BCUT2D eigenvalue weighted by Crippen LogP contribution is 2.42. The molecule has 3 aliphatic rings. The molecule has 7 nitrogen and oxygen atoms in total. The van der Waals surface area contributed by atoms with E-state index in [1.54, 1.807) is 0 Å². The number of methoxy groups -OCH3 is 1. The first-order chi connectivity index (χ1) is 15.4. The number of halogens is 4. The minimum atomic E-state index is -4.42. The molecule has 0 radical (unpaired) electrons. The van der Waals surface area contributed by atoms with Crippen LogP contribution in [0.5, 0.6) is 0 Å². The van der Waals surface area contributed by atoms with Crippen LogP contribution in [-0.2, 0) is 24.3 Å². The number of hydrogen-bond donors (Lipinski definition) is 2. The van der Waals surface area contributed by atoms with E-state index in [9.17, 15) is 30.8 Å². The average Bonchev–Trinajstić information content (AvgIpc) is 2.73. The molecule has 3 rings (SSSR count). The first kappa shape index (κ1) is 26.6. The summed E-state index contributed by atoms with van der Waals surface area (Å²) < 4.78 is 89.1. The maximum atomic E-state index is 14.3. The summed E-state index contributed by atoms with van der Waals surface area (Å²) in [5, 5.41) is 7.22. The molecular formula is C21H34F4N2O5S. The Kier molecular flexibility index (Phi) is 8.66. The summed E-state index contributed by atoms with van der Waals surface area (Å²) >= 11 is 0. The predicted molar refractivity (Wildman–Crippen MR) is 112 cm³/mol. The van der Waals surface area contributed by atoms with Gasteiger partial charge in [0.2, 0.25) is 15.9 Å². The van der Waals surface area contributed by atoms with E-state index < -0.39 is 76.1 Å². The van der Waals surface area contributed by atoms with Gasteiger partial charge in [0.05, 0.1) is 35.4 Å². The second-order valence-electron chi connectivity index (χ2n) is 9.64. The first-order valence-corrected chi connectivity index (χ1v) is 13.2. The van der Waals surface area contributed by atoms with E-state index in [0.29, 0.717) is 32.1 Å². The van der Waals surface area contributed by atoms with E-state index in [4.69, 9.17) is 14.6 Å². The summed E-state index contributed by atoms with van der Waals surface area (Å²) in [4.78, 5) is 13.1. The molecule has 192 valence electrons. The molecule has 8 atom stereocenters. The number of carbonyl (C=O) groups is 1. The number of amides is 1. The van der Waals surface area contributed by atoms with Crippen molar-refractivity contribution in [3.05, 3.63) is 0 Å². The number of primary sulfonamides is 1. The highest BCUT2D eigenvalue weighted by molar-refractivity contribution is 7.89. The molecule has 0 aliphatic heterocycles. The maximum Gasteiger partial charge on any atom is 0.391 e. The smallest absolute Gasteiger partial charge is 0.378 e. The Morgan fingerprint density at radius 2 is 1.70 bits per heavy atom. The quantitative estimate of drug-likeness (QED) is 0.543. The number of sulfonamides is 1. The molecule has 3 aliphatic carbocycles. The lowest BCUT2D eigenvalue weighted by atomic mass is 9.78. The highest BCUT2D eigenvalue weighted by atomic mass is 32.2. The first-order valence-electron chi connectivity index (χ1n) is 11.6. The van der Waals surface area contributed by atoms with Crippen LogP contribution in [0.3, 0.4) is 0 Å². The SMILES string of the molecule is COC1CCC(OC2CCC(C(F)(F)F)CC2C(=O)NC2CCCC(S(N)(=O)=O)C2)CC1F. The minimum absolute atomic E-state index is 0.0495. The van der Waals surface area contributed by atoms with E-state index in [0.717, 1.165) is 0 Å². The maximum absolute atomic E-state index is 14.3. The van der Waals surface area contributed by atoms with Crippen LogP contribution in [0.15, 0.2) is 0 Å². The van der Waals surface area contributed by atoms with Crippen molar-refractivity contribution in [2.24, 2.45) is 17.0 Å². The van der Waals surface area contributed by atoms with Crippen molar-refractivity contribution in [3.8, 4) is 0 Å². The summed E-state index contributed by atoms with van der Waals surface area (Å²) in [6.45, 7) is 0. The van der Waals surface area contributed by atoms with Crippen molar-refractivity contribution in [2.75, 3.05) is 7.11 Å². The average molecular weight is 503 g/mol. The molecule has 8 unspecified atom stereocenters. The summed E-state index contributed by atoms with van der Waals surface area (Å²) in [5.74, 6) is -3.23. The van der Waals surface area contributed by atoms with Crippen LogP contribution < -0.4 is 10.5 Å². The van der Waals surface area contributed by atoms with Gasteiger partial charge in [-0.3, -0.25) is 4.79 Å². The Morgan fingerprint density at radius 1 is 1.00 bits per heavy atom. The largest absolute Gasteiger partial charge is 0.391 e. The molecular weight excluding hydrogens is 468 g/mol. The topological polar surface area (TPSA) is 108 Å². The van der Waals surface area contributed by atoms with Gasteiger partial charge in [0.25, 0.3) is 0 Å². The number of rotatable bonds is 6. The lowest BCUT2D eigenvalue weighted by molar-refractivity contribution is -0.200. The van der Waals surface area contributed by atoms with Gasteiger partial charge in [-0.15, -0.1) is 0 Å². The number of alkyl halides is 4. The molecule has 3 N–H and O–H groups in total. The van der Waals surface area contributed by atoms with Gasteiger partial charge in [-0.1, -0.05) is 6.42 Å². The van der Waals surface area contributed by atoms with Gasteiger partial charge in [-0.2, -0.15) is 13.2 Å². The Hall–Kier alpha value is -0.980. The molecule has 0 bridgehead atoms. The fourth-order valence-electron chi connectivity index (χ4n) is 5.45. The van der Waals surface area contributed by atoms with E-state index in [2.05, 4.69) is 5.32 Å². The van der Waals surface area contributed by atoms with E-state index in [-0.39, 0.29) is 25.7 Å². The van der Waals surface area contributed by atoms with Crippen molar-refractivity contribution in [1.82, 2.24) is 5.32 Å². The summed E-state index contributed by atoms with van der Waals surface area (Å²) in [5.41, 5.74) is 0. The molecule has 0 saturated heterocycles. The molecule has 3 fully saturated rings. The minimum Gasteiger partial charge on any atom is -0.378 e. The monoisotopic (exact) mass is 502 g/mol. The molecule has 0 aromatic rings. The summed E-state index contributed by atoms with van der Waals surface area (Å²) in [6, 6.07) is -0.478. The van der Waals surface area contributed by atoms with Crippen LogP contribution in [-0.4, -0.2) is 63.4 Å². The number of hydrogen-bond acceptors (Lipinski definition) is 5. The normalized spacial score (nSPS) is 38.6. The van der Waals surface area contributed by atoms with Gasteiger partial charge in [0.15, 0.2) is 0 Å². The second-order valence-corrected chi connectivity index (χ2v) is 11.5. The van der Waals surface area contributed by atoms with Gasteiger partial charge >= 0.3 is 6.18 Å². The number of carbonyl (C=O) groups excluding carboxylic acids is 1. The third kappa shape index (κ3) is 7.02. The molecule has 0 heterocycles. The lowest BCUT2D eigenvalue weighted by Crippen LogP contribution is -2.51. The highest BCUT2D eigenvalue weighted by Gasteiger charge is 2.48. The third-order valence-electron chi connectivity index (χ3n) is 7.36. The van der Waals surface area contributed by atoms with Crippen molar-refractivity contribution >= 4 is 15.9 Å². The Bertz CT molecular complexity index is 781. The molecule has 33 heavy (non-hydrogen) atoms. The number of nitrogens with one attached hydrogen (secondary N) is 1. The van der Waals surface area contributed by atoms with Crippen molar-refractivity contribution < 1.29 is 40.2 Å². The van der Waals surface area contributed by atoms with E-state index in [1.807, 2.05) is 0 Å². The Labute approximate surface area is 192 Å². The zero-order valence-electron chi connectivity index (χ0n) is 18.7. The standard InChI is InChI=1S/C21H34F4N2O5S/c1-31-19-8-6-14(11-17(19)22)32-18-7-5-12(21(23,24)25)9-16(18)20(28)27-13-3-2-4-15(10-13)33(26,29)30/h12-19H,2-11H2,1H3,(H,27,28)(H2,26,29,30). The van der Waals surface area contributed by atoms with Gasteiger partial charge < -0.3 is 14.8 Å². The van der Waals surface area contributed by atoms with Crippen LogP contribution in [0.1, 0.15) is 64.2 Å². The summed E-state index contributed by atoms with van der Waals surface area (Å²) in [6.07, 6.45) is -5.31. The molecule has 0 aromatic carbocycles. The van der Waals surface area contributed by atoms with Crippen LogP contribution in [0, 0.1) is 11.8 Å². The molecule has 0 spiro atoms. The molecule has 1 amide bonds. The van der Waals surface area contributed by atoms with Crippen molar-refractivity contribution in [2.45, 2.75) is 106 Å². The van der Waals surface area contributed by atoms with Crippen molar-refractivity contribution in [1.29, 1.82) is 0 Å². The summed E-state index contributed by atoms with van der Waals surface area (Å²) in [7, 11) is -2.33. The van der Waals surface area contributed by atoms with Gasteiger partial charge in [0, 0.05) is 19.6 Å². The van der Waals surface area contributed by atoms with Crippen molar-refractivity contribution in [3.63, 3.8) is 0 Å². The van der Waals surface area contributed by atoms with Crippen LogP contribution in [0.25, 0.3) is 0 Å². The Morgan fingerprint density at radius 3 is 2.30 bits per heavy atom. The lowest BCUT2D eigenvalue weighted by Gasteiger charge is -2.40. The Balaban J connectivity index is 1.67.